The number of anilines is 2. The number of nitrogens with zero attached hydrogens (tertiary/aromatic N) is 5. The first-order valence-corrected chi connectivity index (χ1v) is 25.2. The number of aromatic nitrogens is 2. The first-order valence-electron chi connectivity index (χ1n) is 25.2. The predicted octanol–water partition coefficient (Wildman–Crippen LogP) is 6.62. The van der Waals surface area contributed by atoms with Crippen molar-refractivity contribution in [3.63, 3.8) is 0 Å². The zero-order valence-corrected chi connectivity index (χ0v) is 43.8. The highest BCUT2D eigenvalue weighted by molar-refractivity contribution is 6.24. The Bertz CT molecular complexity index is 3210. The molecule has 406 valence electrons. The van der Waals surface area contributed by atoms with E-state index in [1.807, 2.05) is 0 Å². The van der Waals surface area contributed by atoms with Crippen LogP contribution in [0, 0.1) is 36.4 Å². The van der Waals surface area contributed by atoms with Gasteiger partial charge in [0.05, 0.1) is 77.0 Å². The second kappa shape index (κ2) is 21.3. The SMILES string of the molecule is C=C(O)c1cn(C2CC2)c2nc(N3CCN(/N=C/c4c5c(O)c6c(O)c(C)c7c(c6c4O)C(=O)[C@@](C)(O/C=C/[C@H](OC)[C@@H](C)[C@@H](OC(C)=O)[C@H](C)[C@H](O)[C@H](C)[C@@H](O)[C@@H](C)/C=C/C=C(/C)C(=O)N5)O7)CC3)c(F)cc2c1=O. The molecule has 20 nitrogen and oxygen atoms in total. The van der Waals surface area contributed by atoms with Crippen LogP contribution in [-0.2, 0) is 23.8 Å². The van der Waals surface area contributed by atoms with Crippen LogP contribution in [-0.4, -0.2) is 133 Å². The predicted molar refractivity (Wildman–Crippen MR) is 281 cm³/mol. The monoisotopic (exact) mass is 1050 g/mol. The number of carbonyl (C=O) groups is 3. The quantitative estimate of drug-likeness (QED) is 0.0337. The minimum absolute atomic E-state index is 0.00644. The van der Waals surface area contributed by atoms with E-state index in [1.54, 1.807) is 54.3 Å². The molecule has 1 aliphatic carbocycles. The molecule has 4 aromatic rings. The van der Waals surface area contributed by atoms with Crippen LogP contribution >= 0.6 is 0 Å². The maximum absolute atomic E-state index is 15.9. The molecular weight excluding hydrogens is 988 g/mol. The van der Waals surface area contributed by atoms with Gasteiger partial charge in [-0.05, 0) is 38.8 Å². The number of aliphatic hydroxyl groups excluding tert-OH is 3. The fourth-order valence-electron chi connectivity index (χ4n) is 10.3. The number of carbonyl (C=O) groups excluding carboxylic acids is 3. The molecule has 1 amide bonds. The Kier molecular flexibility index (Phi) is 15.3. The minimum Gasteiger partial charge on any atom is -0.508 e. The van der Waals surface area contributed by atoms with Crippen molar-refractivity contribution in [3.8, 4) is 23.0 Å². The lowest BCUT2D eigenvalue weighted by atomic mass is 9.78. The van der Waals surface area contributed by atoms with Crippen molar-refractivity contribution in [1.82, 2.24) is 14.6 Å². The number of hydrogen-bond acceptors (Lipinski definition) is 18. The van der Waals surface area contributed by atoms with Crippen molar-refractivity contribution in [1.29, 1.82) is 0 Å². The fraction of sp³-hybridized carbons (Fsp3) is 0.455. The van der Waals surface area contributed by atoms with Gasteiger partial charge in [-0.25, -0.2) is 9.37 Å². The number of benzene rings is 2. The number of halogens is 1. The molecule has 6 heterocycles. The second-order valence-electron chi connectivity index (χ2n) is 20.4. The van der Waals surface area contributed by atoms with Gasteiger partial charge in [-0.1, -0.05) is 52.5 Å². The van der Waals surface area contributed by atoms with Gasteiger partial charge in [-0.15, -0.1) is 0 Å². The number of phenolic OH excluding ortho intramolecular Hbond substituents is 3. The molecule has 2 aromatic heterocycles. The third kappa shape index (κ3) is 10.1. The number of amides is 1. The number of allylic oxidation sites excluding steroid dienone is 2. The lowest BCUT2D eigenvalue weighted by Gasteiger charge is -2.38. The summed E-state index contributed by atoms with van der Waals surface area (Å²) in [5, 5.41) is 77.6. The number of aromatic hydroxyl groups is 3. The zero-order chi connectivity index (χ0) is 55.4. The molecule has 9 rings (SSSR count). The van der Waals surface area contributed by atoms with E-state index >= 15 is 4.39 Å². The largest absolute Gasteiger partial charge is 0.508 e. The van der Waals surface area contributed by atoms with Gasteiger partial charge in [0.25, 0.3) is 11.7 Å². The zero-order valence-electron chi connectivity index (χ0n) is 43.8. The van der Waals surface area contributed by atoms with Crippen molar-refractivity contribution in [2.24, 2.45) is 28.8 Å². The van der Waals surface area contributed by atoms with Crippen LogP contribution < -0.4 is 20.4 Å². The van der Waals surface area contributed by atoms with Gasteiger partial charge in [0.2, 0.25) is 5.43 Å². The van der Waals surface area contributed by atoms with Crippen LogP contribution in [0.4, 0.5) is 15.9 Å². The smallest absolute Gasteiger partial charge is 0.312 e. The summed E-state index contributed by atoms with van der Waals surface area (Å²) in [6.45, 7) is 16.5. The van der Waals surface area contributed by atoms with Crippen molar-refractivity contribution in [2.75, 3.05) is 43.5 Å². The van der Waals surface area contributed by atoms with E-state index < -0.39 is 111 Å². The number of esters is 1. The summed E-state index contributed by atoms with van der Waals surface area (Å²) < 4.78 is 41.4. The van der Waals surface area contributed by atoms with Gasteiger partial charge < -0.3 is 64.4 Å². The number of methoxy groups -OCH3 is 1. The summed E-state index contributed by atoms with van der Waals surface area (Å²) in [5.41, 5.74) is -1.19. The summed E-state index contributed by atoms with van der Waals surface area (Å²) >= 11 is 0. The van der Waals surface area contributed by atoms with Crippen molar-refractivity contribution < 1.29 is 68.4 Å². The Hall–Kier alpha value is -7.49. The average molecular weight is 1050 g/mol. The van der Waals surface area contributed by atoms with Crippen LogP contribution in [0.2, 0.25) is 0 Å². The van der Waals surface area contributed by atoms with Gasteiger partial charge in [0, 0.05) is 86.5 Å². The lowest BCUT2D eigenvalue weighted by Crippen LogP contribution is -2.46. The van der Waals surface area contributed by atoms with Gasteiger partial charge in [0.15, 0.2) is 17.4 Å². The number of aliphatic hydroxyl groups is 3. The molecule has 1 saturated carbocycles. The summed E-state index contributed by atoms with van der Waals surface area (Å²) in [7, 11) is 1.41. The number of phenols is 3. The molecule has 0 unspecified atom stereocenters. The molecule has 5 bridgehead atoms. The second-order valence-corrected chi connectivity index (χ2v) is 20.4. The minimum atomic E-state index is -2.13. The number of ether oxygens (including phenoxy) is 4. The summed E-state index contributed by atoms with van der Waals surface area (Å²) in [6, 6.07) is 1.14. The molecule has 0 spiro atoms. The van der Waals surface area contributed by atoms with E-state index in [0.29, 0.717) is 0 Å². The van der Waals surface area contributed by atoms with Crippen LogP contribution in [0.15, 0.2) is 64.9 Å². The molecule has 0 radical (unpaired) electrons. The Morgan fingerprint density at radius 3 is 2.29 bits per heavy atom. The molecule has 4 aliphatic heterocycles. The Balaban J connectivity index is 1.18. The van der Waals surface area contributed by atoms with E-state index in [9.17, 15) is 49.8 Å². The van der Waals surface area contributed by atoms with E-state index in [0.717, 1.165) is 25.2 Å². The number of hydrogen-bond donors (Lipinski definition) is 7. The molecule has 21 heteroatoms. The van der Waals surface area contributed by atoms with Gasteiger partial charge in [-0.2, -0.15) is 5.10 Å². The maximum Gasteiger partial charge on any atom is 0.312 e. The first-order chi connectivity index (χ1) is 35.9. The molecule has 2 aromatic carbocycles. The first kappa shape index (κ1) is 54.8. The average Bonchev–Trinajstić information content (AvgIpc) is 4.20. The standard InChI is InChI=1S/C55H65FN6O14/c1-25-12-11-13-26(2)54(72)58-42-35(23-57-61-19-17-60(18-20-61)53-37(56)22-34-46(68)36(31(7)63)24-62(33-14-15-33)52(34)59-53)47(69)39-40(48(42)70)45(67)30(6)50-41(39)51(71)55(9,76-50)74-21-16-38(73-10)27(3)49(75-32(8)64)29(5)44(66)28(4)43(25)65/h11-13,16,21-25,27-29,33,38,43-44,49,63,65-67,69-70H,7,14-15,17-20H2,1-6,8-10H3,(H,58,72)/b12-11+,21-16+,26-13-,57-23+/t25-,27+,28+,29+,38-,43-,44+,49+,55-/m0/s1. The van der Waals surface area contributed by atoms with E-state index in [-0.39, 0.29) is 93.7 Å². The molecule has 9 atom stereocenters. The van der Waals surface area contributed by atoms with Crippen LogP contribution in [0.25, 0.3) is 27.6 Å². The van der Waals surface area contributed by atoms with Crippen molar-refractivity contribution in [2.45, 2.75) is 104 Å². The van der Waals surface area contributed by atoms with Gasteiger partial charge >= 0.3 is 11.8 Å². The Morgan fingerprint density at radius 1 is 0.974 bits per heavy atom. The highest BCUT2D eigenvalue weighted by Gasteiger charge is 2.50. The third-order valence-corrected chi connectivity index (χ3v) is 15.1. The van der Waals surface area contributed by atoms with Crippen LogP contribution in [0.1, 0.15) is 94.4 Å². The van der Waals surface area contributed by atoms with Crippen LogP contribution in [0.5, 0.6) is 23.0 Å². The molecule has 5 aliphatic rings. The topological polar surface area (TPSA) is 275 Å². The molecule has 2 fully saturated rings. The lowest BCUT2D eigenvalue weighted by molar-refractivity contribution is -0.160. The van der Waals surface area contributed by atoms with Gasteiger partial charge in [-0.3, -0.25) is 24.2 Å². The molecule has 7 N–H and O–H groups in total. The Labute approximate surface area is 437 Å². The number of pyridine rings is 2. The summed E-state index contributed by atoms with van der Waals surface area (Å²) in [5.74, 6) is -10.4. The summed E-state index contributed by atoms with van der Waals surface area (Å²) in [4.78, 5) is 60.7. The highest BCUT2D eigenvalue weighted by atomic mass is 19.1. The number of fused-ring (bicyclic) bond motifs is 15. The fourth-order valence-corrected chi connectivity index (χ4v) is 10.3. The van der Waals surface area contributed by atoms with Gasteiger partial charge in [0.1, 0.15) is 34.8 Å². The Morgan fingerprint density at radius 2 is 1.66 bits per heavy atom. The number of rotatable bonds is 7. The van der Waals surface area contributed by atoms with Crippen LogP contribution in [0.3, 0.4) is 0 Å². The number of Topliss-reactive ketones (excluding diaryl/α,β-unsaturated/α-hetero) is 1. The molecule has 76 heavy (non-hydrogen) atoms. The van der Waals surface area contributed by atoms with Crippen molar-refractivity contribution >= 4 is 62.9 Å². The molecule has 1 saturated heterocycles. The van der Waals surface area contributed by atoms with E-state index in [2.05, 4.69) is 22.0 Å². The third-order valence-electron chi connectivity index (χ3n) is 15.1. The summed E-state index contributed by atoms with van der Waals surface area (Å²) in [6.07, 6.45) is 7.49. The van der Waals surface area contributed by atoms with E-state index in [4.69, 9.17) is 18.9 Å². The number of nitrogens with one attached hydrogen (secondary N) is 1. The number of ketones is 1. The number of piperazine rings is 1. The maximum atomic E-state index is 15.9. The van der Waals surface area contributed by atoms with E-state index in [1.165, 1.54) is 59.4 Å². The molecular formula is C55H65FN6O14. The normalized spacial score (nSPS) is 28.3. The van der Waals surface area contributed by atoms with Crippen molar-refractivity contribution in [3.05, 3.63) is 93.3 Å². The highest BCUT2D eigenvalue weighted by Crippen LogP contribution is 2.55. The number of hydrazone groups is 1.